The van der Waals surface area contributed by atoms with E-state index in [2.05, 4.69) is 15.6 Å². The maximum Gasteiger partial charge on any atom is 0.191 e. The molecule has 2 fully saturated rings. The van der Waals surface area contributed by atoms with Gasteiger partial charge >= 0.3 is 0 Å². The summed E-state index contributed by atoms with van der Waals surface area (Å²) in [5.41, 5.74) is 0. The number of nitrogens with one attached hydrogen (secondary N) is 2. The Labute approximate surface area is 171 Å². The lowest BCUT2D eigenvalue weighted by Gasteiger charge is -2.39. The van der Waals surface area contributed by atoms with Gasteiger partial charge in [0.05, 0.1) is 10.5 Å². The zero-order chi connectivity index (χ0) is 17.8. The zero-order valence-corrected chi connectivity index (χ0v) is 19.3. The van der Waals surface area contributed by atoms with Gasteiger partial charge in [0, 0.05) is 19.6 Å². The van der Waals surface area contributed by atoms with Crippen LogP contribution in [0.5, 0.6) is 0 Å². The summed E-state index contributed by atoms with van der Waals surface area (Å²) in [6.07, 6.45) is 9.32. The molecule has 0 aromatic carbocycles. The van der Waals surface area contributed by atoms with E-state index in [0.29, 0.717) is 12.6 Å². The Balaban J connectivity index is 0.00000312. The highest BCUT2D eigenvalue weighted by atomic mass is 127. The third kappa shape index (κ3) is 6.56. The van der Waals surface area contributed by atoms with Gasteiger partial charge in [-0.2, -0.15) is 0 Å². The van der Waals surface area contributed by atoms with Gasteiger partial charge < -0.3 is 10.6 Å². The lowest BCUT2D eigenvalue weighted by molar-refractivity contribution is 0.150. The van der Waals surface area contributed by atoms with Crippen LogP contribution in [0.2, 0.25) is 0 Å². The molecule has 0 aromatic heterocycles. The number of halogens is 1. The van der Waals surface area contributed by atoms with Gasteiger partial charge in [0.1, 0.15) is 0 Å². The maximum atomic E-state index is 12.2. The van der Waals surface area contributed by atoms with E-state index in [4.69, 9.17) is 0 Å². The summed E-state index contributed by atoms with van der Waals surface area (Å²) >= 11 is 0. The normalized spacial score (nSPS) is 27.8. The van der Waals surface area contributed by atoms with Gasteiger partial charge in [-0.3, -0.25) is 4.99 Å². The zero-order valence-electron chi connectivity index (χ0n) is 16.2. The van der Waals surface area contributed by atoms with Crippen LogP contribution in [0.25, 0.3) is 0 Å². The van der Waals surface area contributed by atoms with Crippen LogP contribution >= 0.6 is 24.0 Å². The van der Waals surface area contributed by atoms with Crippen molar-refractivity contribution < 1.29 is 8.42 Å². The first-order valence-electron chi connectivity index (χ1n) is 9.42. The molecule has 0 aromatic rings. The summed E-state index contributed by atoms with van der Waals surface area (Å²) in [6.45, 7) is 5.64. The first-order valence-corrected chi connectivity index (χ1v) is 11.1. The minimum absolute atomic E-state index is 0. The fourth-order valence-corrected chi connectivity index (χ4v) is 4.99. The average molecular weight is 485 g/mol. The topological polar surface area (TPSA) is 70.6 Å². The van der Waals surface area contributed by atoms with Gasteiger partial charge in [-0.1, -0.05) is 25.7 Å². The number of guanidine groups is 1. The molecule has 148 valence electrons. The quantitative estimate of drug-likeness (QED) is 0.364. The summed E-state index contributed by atoms with van der Waals surface area (Å²) < 4.78 is 23.6. The molecule has 2 aliphatic carbocycles. The van der Waals surface area contributed by atoms with Crippen molar-refractivity contribution in [2.75, 3.05) is 19.3 Å². The molecule has 0 radical (unpaired) electrons. The first kappa shape index (κ1) is 23.0. The summed E-state index contributed by atoms with van der Waals surface area (Å²) in [4.78, 5) is 4.27. The number of hydrogen-bond acceptors (Lipinski definition) is 3. The Hall–Kier alpha value is -0.0500. The summed E-state index contributed by atoms with van der Waals surface area (Å²) in [5.74, 6) is 2.67. The van der Waals surface area contributed by atoms with Crippen LogP contribution < -0.4 is 10.6 Å². The molecule has 0 bridgehead atoms. The second kappa shape index (κ2) is 9.76. The number of hydrogen-bond donors (Lipinski definition) is 2. The van der Waals surface area contributed by atoms with Crippen molar-refractivity contribution in [3.05, 3.63) is 0 Å². The largest absolute Gasteiger partial charge is 0.355 e. The van der Waals surface area contributed by atoms with Crippen LogP contribution in [0.15, 0.2) is 4.99 Å². The molecular weight excluding hydrogens is 449 g/mol. The Morgan fingerprint density at radius 3 is 2.32 bits per heavy atom. The monoisotopic (exact) mass is 485 g/mol. The van der Waals surface area contributed by atoms with Crippen molar-refractivity contribution in [3.8, 4) is 0 Å². The fourth-order valence-electron chi connectivity index (χ4n) is 4.00. The van der Waals surface area contributed by atoms with E-state index < -0.39 is 14.6 Å². The van der Waals surface area contributed by atoms with Gasteiger partial charge in [0.15, 0.2) is 15.8 Å². The summed E-state index contributed by atoms with van der Waals surface area (Å²) in [6, 6.07) is 0.467. The van der Waals surface area contributed by atoms with E-state index in [-0.39, 0.29) is 29.7 Å². The lowest BCUT2D eigenvalue weighted by atomic mass is 9.69. The molecule has 0 saturated heterocycles. The summed E-state index contributed by atoms with van der Waals surface area (Å²) in [5, 5.41) is 6.68. The summed E-state index contributed by atoms with van der Waals surface area (Å²) in [7, 11) is -1.35. The predicted molar refractivity (Wildman–Crippen MR) is 117 cm³/mol. The molecule has 25 heavy (non-hydrogen) atoms. The van der Waals surface area contributed by atoms with E-state index in [1.807, 2.05) is 0 Å². The van der Waals surface area contributed by atoms with Crippen LogP contribution in [0.3, 0.4) is 0 Å². The average Bonchev–Trinajstić information content (AvgIpc) is 2.52. The second-order valence-corrected chi connectivity index (χ2v) is 11.3. The Morgan fingerprint density at radius 1 is 1.08 bits per heavy atom. The number of sulfone groups is 1. The van der Waals surface area contributed by atoms with Crippen molar-refractivity contribution >= 4 is 39.8 Å². The number of fused-ring (bicyclic) bond motifs is 1. The maximum absolute atomic E-state index is 12.2. The first-order chi connectivity index (χ1) is 11.2. The predicted octanol–water partition coefficient (Wildman–Crippen LogP) is 3.34. The Kier molecular flexibility index (Phi) is 8.98. The molecule has 0 spiro atoms. The third-order valence-electron chi connectivity index (χ3n) is 5.70. The van der Waals surface area contributed by atoms with Crippen molar-refractivity contribution in [3.63, 3.8) is 0 Å². The minimum atomic E-state index is -3.10. The minimum Gasteiger partial charge on any atom is -0.355 e. The smallest absolute Gasteiger partial charge is 0.191 e. The molecule has 2 rings (SSSR count). The van der Waals surface area contributed by atoms with Crippen LogP contribution in [0.1, 0.15) is 65.7 Å². The molecule has 0 heterocycles. The molecule has 2 saturated carbocycles. The van der Waals surface area contributed by atoms with Crippen molar-refractivity contribution in [2.24, 2.45) is 16.8 Å². The van der Waals surface area contributed by atoms with E-state index >= 15 is 0 Å². The van der Waals surface area contributed by atoms with E-state index in [1.54, 1.807) is 27.8 Å². The van der Waals surface area contributed by atoms with E-state index in [9.17, 15) is 8.42 Å². The number of nitrogens with zero attached hydrogens (tertiary/aromatic N) is 1. The highest BCUT2D eigenvalue weighted by molar-refractivity contribution is 14.0. The van der Waals surface area contributed by atoms with Gasteiger partial charge in [0.2, 0.25) is 0 Å². The standard InChI is InChI=1S/C18H35N3O2S.HI/c1-18(2,3)24(22,23)12-11-20-17(19-4)21-16-10-9-14-7-5-6-8-15(14)13-16;/h14-16H,5-13H2,1-4H3,(H2,19,20,21);1H. The molecule has 3 atom stereocenters. The van der Waals surface area contributed by atoms with E-state index in [1.165, 1.54) is 44.9 Å². The molecule has 2 aliphatic rings. The van der Waals surface area contributed by atoms with Crippen molar-refractivity contribution in [2.45, 2.75) is 76.5 Å². The molecule has 0 amide bonds. The molecule has 7 heteroatoms. The van der Waals surface area contributed by atoms with Gasteiger partial charge in [-0.05, 0) is 51.9 Å². The molecule has 0 aliphatic heterocycles. The SMILES string of the molecule is CN=C(NCCS(=O)(=O)C(C)(C)C)NC1CCC2CCCCC2C1.I. The second-order valence-electron chi connectivity index (χ2n) is 8.39. The van der Waals surface area contributed by atoms with Crippen molar-refractivity contribution in [1.29, 1.82) is 0 Å². The molecular formula is C18H36IN3O2S. The highest BCUT2D eigenvalue weighted by Crippen LogP contribution is 2.40. The van der Waals surface area contributed by atoms with Crippen molar-refractivity contribution in [1.82, 2.24) is 10.6 Å². The van der Waals surface area contributed by atoms with Crippen LogP contribution in [-0.4, -0.2) is 44.5 Å². The van der Waals surface area contributed by atoms with Crippen LogP contribution in [0.4, 0.5) is 0 Å². The molecule has 2 N–H and O–H groups in total. The van der Waals surface area contributed by atoms with Gasteiger partial charge in [0.25, 0.3) is 0 Å². The Morgan fingerprint density at radius 2 is 1.72 bits per heavy atom. The molecule has 3 unspecified atom stereocenters. The van der Waals surface area contributed by atoms with Gasteiger partial charge in [-0.15, -0.1) is 24.0 Å². The highest BCUT2D eigenvalue weighted by Gasteiger charge is 2.32. The molecule has 5 nitrogen and oxygen atoms in total. The third-order valence-corrected chi connectivity index (χ3v) is 8.31. The fraction of sp³-hybridized carbons (Fsp3) is 0.944. The lowest BCUT2D eigenvalue weighted by Crippen LogP contribution is -2.48. The number of aliphatic imine (C=N–C) groups is 1. The van der Waals surface area contributed by atoms with Crippen LogP contribution in [0, 0.1) is 11.8 Å². The number of rotatable bonds is 4. The van der Waals surface area contributed by atoms with Gasteiger partial charge in [-0.25, -0.2) is 8.42 Å². The Bertz CT molecular complexity index is 543. The van der Waals surface area contributed by atoms with Crippen LogP contribution in [-0.2, 0) is 9.84 Å². The van der Waals surface area contributed by atoms with E-state index in [0.717, 1.165) is 17.8 Å².